The summed E-state index contributed by atoms with van der Waals surface area (Å²) in [6, 6.07) is 0. The van der Waals surface area contributed by atoms with Gasteiger partial charge in [-0.15, -0.1) is 0 Å². The smallest absolute Gasteiger partial charge is 0.303 e. The van der Waals surface area contributed by atoms with E-state index >= 15 is 0 Å². The van der Waals surface area contributed by atoms with Gasteiger partial charge >= 0.3 is 5.97 Å². The van der Waals surface area contributed by atoms with Crippen LogP contribution >= 0.6 is 0 Å². The third-order valence-corrected chi connectivity index (χ3v) is 4.60. The number of esters is 1. The van der Waals surface area contributed by atoms with Gasteiger partial charge in [0.2, 0.25) is 5.78 Å². The Bertz CT molecular complexity index is 388. The van der Waals surface area contributed by atoms with Crippen LogP contribution in [0, 0.1) is 0 Å². The van der Waals surface area contributed by atoms with Crippen LogP contribution in [0.15, 0.2) is 23.4 Å². The molecule has 0 aromatic heterocycles. The molecule has 0 N–H and O–H groups in total. The highest BCUT2D eigenvalue weighted by molar-refractivity contribution is 6.83. The first-order valence-electron chi connectivity index (χ1n) is 5.30. The molecule has 0 aromatic rings. The fourth-order valence-corrected chi connectivity index (χ4v) is 2.88. The van der Waals surface area contributed by atoms with Crippen LogP contribution in [0.5, 0.6) is 0 Å². The lowest BCUT2D eigenvalue weighted by Gasteiger charge is -2.30. The van der Waals surface area contributed by atoms with Gasteiger partial charge in [-0.2, -0.15) is 0 Å². The van der Waals surface area contributed by atoms with Gasteiger partial charge in [-0.25, -0.2) is 0 Å². The second-order valence-corrected chi connectivity index (χ2v) is 10.3. The first-order chi connectivity index (χ1) is 7.15. The zero-order valence-electron chi connectivity index (χ0n) is 10.5. The first kappa shape index (κ1) is 12.9. The Balaban J connectivity index is 3.10. The van der Waals surface area contributed by atoms with Crippen LogP contribution in [0.2, 0.25) is 19.6 Å². The largest absolute Gasteiger partial charge is 0.447 e. The second-order valence-electron chi connectivity index (χ2n) is 5.25. The lowest BCUT2D eigenvalue weighted by molar-refractivity contribution is -0.157. The Morgan fingerprint density at radius 1 is 1.31 bits per heavy atom. The number of rotatable bonds is 2. The summed E-state index contributed by atoms with van der Waals surface area (Å²) >= 11 is 0. The lowest BCUT2D eigenvalue weighted by Crippen LogP contribution is -2.41. The van der Waals surface area contributed by atoms with Crippen molar-refractivity contribution in [3.8, 4) is 0 Å². The lowest BCUT2D eigenvalue weighted by atomic mass is 9.96. The van der Waals surface area contributed by atoms with Gasteiger partial charge in [0.1, 0.15) is 0 Å². The van der Waals surface area contributed by atoms with Crippen molar-refractivity contribution in [1.82, 2.24) is 0 Å². The number of allylic oxidation sites excluding steroid dienone is 2. The average Bonchev–Trinajstić information content (AvgIpc) is 2.06. The Kier molecular flexibility index (Phi) is 3.24. The van der Waals surface area contributed by atoms with E-state index in [4.69, 9.17) is 4.74 Å². The van der Waals surface area contributed by atoms with Crippen molar-refractivity contribution in [2.45, 2.75) is 39.1 Å². The molecule has 4 heteroatoms. The van der Waals surface area contributed by atoms with Gasteiger partial charge < -0.3 is 4.74 Å². The fraction of sp³-hybridized carbons (Fsp3) is 0.500. The summed E-state index contributed by atoms with van der Waals surface area (Å²) in [6.45, 7) is 9.52. The normalized spacial score (nSPS) is 25.3. The predicted octanol–water partition coefficient (Wildman–Crippen LogP) is 2.25. The molecule has 16 heavy (non-hydrogen) atoms. The molecular formula is C12H18O3Si. The summed E-state index contributed by atoms with van der Waals surface area (Å²) < 4.78 is 5.12. The molecule has 0 aliphatic heterocycles. The molecule has 88 valence electrons. The molecule has 0 aromatic carbocycles. The highest BCUT2D eigenvalue weighted by atomic mass is 28.3. The SMILES string of the molecule is CC(=O)OC1(C)C=C([Si](C)(C)C)C=CC1=O. The van der Waals surface area contributed by atoms with Gasteiger partial charge in [-0.05, 0) is 19.1 Å². The first-order valence-corrected chi connectivity index (χ1v) is 8.80. The van der Waals surface area contributed by atoms with E-state index in [1.54, 1.807) is 13.0 Å². The summed E-state index contributed by atoms with van der Waals surface area (Å²) in [5.74, 6) is -0.609. The van der Waals surface area contributed by atoms with Crippen molar-refractivity contribution in [1.29, 1.82) is 0 Å². The van der Waals surface area contributed by atoms with Crippen molar-refractivity contribution >= 4 is 19.8 Å². The molecule has 3 nitrogen and oxygen atoms in total. The van der Waals surface area contributed by atoms with E-state index in [-0.39, 0.29) is 5.78 Å². The zero-order chi connectivity index (χ0) is 12.6. The van der Waals surface area contributed by atoms with E-state index in [0.717, 1.165) is 5.20 Å². The minimum absolute atomic E-state index is 0.176. The van der Waals surface area contributed by atoms with E-state index in [9.17, 15) is 9.59 Å². The average molecular weight is 238 g/mol. The standard InChI is InChI=1S/C12H18O3Si/c1-9(13)15-12(2)8-10(16(3,4)5)6-7-11(12)14/h6-8H,1-5H3. The van der Waals surface area contributed by atoms with Crippen LogP contribution in [0.1, 0.15) is 13.8 Å². The summed E-state index contributed by atoms with van der Waals surface area (Å²) in [5, 5.41) is 1.14. The topological polar surface area (TPSA) is 43.4 Å². The number of hydrogen-bond acceptors (Lipinski definition) is 3. The highest BCUT2D eigenvalue weighted by Crippen LogP contribution is 2.27. The minimum atomic E-state index is -1.50. The van der Waals surface area contributed by atoms with Gasteiger partial charge in [0.15, 0.2) is 5.60 Å². The molecule has 0 saturated heterocycles. The van der Waals surface area contributed by atoms with Crippen LogP contribution in [0.3, 0.4) is 0 Å². The van der Waals surface area contributed by atoms with E-state index in [2.05, 4.69) is 19.6 Å². The molecule has 0 amide bonds. The Hall–Kier alpha value is -1.16. The van der Waals surface area contributed by atoms with Gasteiger partial charge in [0.05, 0.1) is 8.07 Å². The predicted molar refractivity (Wildman–Crippen MR) is 65.7 cm³/mol. The fourth-order valence-electron chi connectivity index (χ4n) is 1.59. The Morgan fingerprint density at radius 3 is 2.31 bits per heavy atom. The van der Waals surface area contributed by atoms with Gasteiger partial charge in [0, 0.05) is 6.92 Å². The summed E-state index contributed by atoms with van der Waals surface area (Å²) in [7, 11) is -1.50. The molecular weight excluding hydrogens is 220 g/mol. The van der Waals surface area contributed by atoms with Crippen LogP contribution in [-0.2, 0) is 14.3 Å². The molecule has 1 atom stereocenters. The molecule has 1 unspecified atom stereocenters. The molecule has 1 aliphatic rings. The molecule has 0 bridgehead atoms. The van der Waals surface area contributed by atoms with E-state index in [0.29, 0.717) is 0 Å². The summed E-state index contributed by atoms with van der Waals surface area (Å²) in [4.78, 5) is 22.7. The minimum Gasteiger partial charge on any atom is -0.447 e. The van der Waals surface area contributed by atoms with Gasteiger partial charge in [-0.3, -0.25) is 9.59 Å². The van der Waals surface area contributed by atoms with Crippen molar-refractivity contribution in [2.75, 3.05) is 0 Å². The highest BCUT2D eigenvalue weighted by Gasteiger charge is 2.37. The Morgan fingerprint density at radius 2 is 1.88 bits per heavy atom. The molecule has 1 aliphatic carbocycles. The molecule has 1 rings (SSSR count). The zero-order valence-corrected chi connectivity index (χ0v) is 11.5. The molecule has 0 saturated carbocycles. The summed E-state index contributed by atoms with van der Waals surface area (Å²) in [6.07, 6.45) is 5.15. The maximum absolute atomic E-state index is 11.7. The molecule has 0 heterocycles. The van der Waals surface area contributed by atoms with Crippen molar-refractivity contribution < 1.29 is 14.3 Å². The number of ketones is 1. The van der Waals surface area contributed by atoms with Crippen molar-refractivity contribution in [3.63, 3.8) is 0 Å². The third-order valence-electron chi connectivity index (χ3n) is 2.56. The summed E-state index contributed by atoms with van der Waals surface area (Å²) in [5.41, 5.74) is -1.11. The van der Waals surface area contributed by atoms with E-state index in [1.165, 1.54) is 13.0 Å². The molecule has 0 fully saturated rings. The van der Waals surface area contributed by atoms with Gasteiger partial charge in [-0.1, -0.05) is 30.9 Å². The van der Waals surface area contributed by atoms with E-state index in [1.807, 2.05) is 6.08 Å². The molecule has 0 spiro atoms. The Labute approximate surface area is 97.2 Å². The van der Waals surface area contributed by atoms with Crippen LogP contribution in [0.25, 0.3) is 0 Å². The monoisotopic (exact) mass is 238 g/mol. The van der Waals surface area contributed by atoms with Crippen LogP contribution < -0.4 is 0 Å². The van der Waals surface area contributed by atoms with Crippen molar-refractivity contribution in [3.05, 3.63) is 23.4 Å². The van der Waals surface area contributed by atoms with Crippen LogP contribution in [0.4, 0.5) is 0 Å². The maximum atomic E-state index is 11.7. The second kappa shape index (κ2) is 4.01. The number of carbonyl (C=O) groups excluding carboxylic acids is 2. The number of ether oxygens (including phenoxy) is 1. The number of hydrogen-bond donors (Lipinski definition) is 0. The number of carbonyl (C=O) groups is 2. The molecule has 0 radical (unpaired) electrons. The third kappa shape index (κ3) is 2.69. The van der Waals surface area contributed by atoms with E-state index < -0.39 is 19.6 Å². The van der Waals surface area contributed by atoms with Gasteiger partial charge in [0.25, 0.3) is 0 Å². The quantitative estimate of drug-likeness (QED) is 0.547. The maximum Gasteiger partial charge on any atom is 0.303 e. The van der Waals surface area contributed by atoms with Crippen molar-refractivity contribution in [2.24, 2.45) is 0 Å². The van der Waals surface area contributed by atoms with Crippen LogP contribution in [-0.4, -0.2) is 25.4 Å².